The first-order valence-electron chi connectivity index (χ1n) is 17.1. The number of furan rings is 1. The molecule has 3 nitrogen and oxygen atoms in total. The highest BCUT2D eigenvalue weighted by atomic mass is 16.3. The number of pyridine rings is 1. The van der Waals surface area contributed by atoms with E-state index in [2.05, 4.69) is 174 Å². The summed E-state index contributed by atoms with van der Waals surface area (Å²) in [6.07, 6.45) is 0. The Bertz CT molecular complexity index is 3070. The summed E-state index contributed by atoms with van der Waals surface area (Å²) in [6, 6.07) is 60.8. The lowest BCUT2D eigenvalue weighted by molar-refractivity contribution is 0.672. The van der Waals surface area contributed by atoms with Crippen LogP contribution in [-0.4, -0.2) is 9.38 Å². The van der Waals surface area contributed by atoms with Gasteiger partial charge in [-0.05, 0) is 79.2 Å². The molecular formula is C47H28N2O. The van der Waals surface area contributed by atoms with Crippen molar-refractivity contribution in [3.8, 4) is 33.4 Å². The van der Waals surface area contributed by atoms with E-state index in [9.17, 15) is 0 Å². The van der Waals surface area contributed by atoms with Crippen LogP contribution < -0.4 is 0 Å². The highest BCUT2D eigenvalue weighted by molar-refractivity contribution is 6.23. The van der Waals surface area contributed by atoms with E-state index in [4.69, 9.17) is 9.40 Å². The fourth-order valence-corrected chi connectivity index (χ4v) is 8.16. The Morgan fingerprint density at radius 3 is 1.62 bits per heavy atom. The molecule has 232 valence electrons. The van der Waals surface area contributed by atoms with Gasteiger partial charge >= 0.3 is 0 Å². The molecule has 0 unspecified atom stereocenters. The van der Waals surface area contributed by atoms with Crippen LogP contribution in [0.2, 0.25) is 0 Å². The number of benzene rings is 8. The molecule has 3 aromatic heterocycles. The molecule has 0 radical (unpaired) electrons. The summed E-state index contributed by atoms with van der Waals surface area (Å²) in [5, 5.41) is 8.15. The number of aromatic nitrogens is 2. The Balaban J connectivity index is 1.21. The SMILES string of the molecule is c1ccc(-c2ccc(-c3c4ccccc4c(-c4ccc5oc6c7ccccc7c7nc8ccccc8n7c6c5c4)c4ccccc34)cc2)cc1. The van der Waals surface area contributed by atoms with Gasteiger partial charge in [-0.25, -0.2) is 4.98 Å². The normalized spacial score (nSPS) is 12.0. The summed E-state index contributed by atoms with van der Waals surface area (Å²) < 4.78 is 9.02. The van der Waals surface area contributed by atoms with Crippen LogP contribution >= 0.6 is 0 Å². The van der Waals surface area contributed by atoms with Gasteiger partial charge in [-0.2, -0.15) is 0 Å². The number of imidazole rings is 1. The number of fused-ring (bicyclic) bond motifs is 12. The van der Waals surface area contributed by atoms with Gasteiger partial charge in [0, 0.05) is 16.2 Å². The number of hydrogen-bond acceptors (Lipinski definition) is 2. The van der Waals surface area contributed by atoms with Crippen molar-refractivity contribution in [1.29, 1.82) is 0 Å². The van der Waals surface area contributed by atoms with Crippen molar-refractivity contribution in [2.75, 3.05) is 0 Å². The van der Waals surface area contributed by atoms with Crippen molar-refractivity contribution in [3.63, 3.8) is 0 Å². The second-order valence-corrected chi connectivity index (χ2v) is 13.1. The maximum atomic E-state index is 6.73. The molecule has 0 N–H and O–H groups in total. The molecule has 11 rings (SSSR count). The molecule has 0 atom stereocenters. The zero-order valence-corrected chi connectivity index (χ0v) is 27.0. The van der Waals surface area contributed by atoms with Crippen LogP contribution in [0.15, 0.2) is 174 Å². The Labute approximate surface area is 287 Å². The Morgan fingerprint density at radius 1 is 0.400 bits per heavy atom. The standard InChI is InChI=1S/C47H28N2O/c1-2-12-29(13-3-1)30-22-24-31(25-23-30)43-33-14-4-6-16-35(33)44(36-17-7-5-15-34(36)43)32-26-27-42-39(28-32)45-46(50-42)37-18-8-9-19-38(37)47-48-40-20-10-11-21-41(40)49(45)47/h1-28H. The smallest absolute Gasteiger partial charge is 0.160 e. The molecule has 50 heavy (non-hydrogen) atoms. The van der Waals surface area contributed by atoms with Gasteiger partial charge in [0.25, 0.3) is 0 Å². The summed E-state index contributed by atoms with van der Waals surface area (Å²) in [5.74, 6) is 0. The van der Waals surface area contributed by atoms with Crippen molar-refractivity contribution in [2.45, 2.75) is 0 Å². The lowest BCUT2D eigenvalue weighted by Gasteiger charge is -2.18. The lowest BCUT2D eigenvalue weighted by atomic mass is 9.85. The van der Waals surface area contributed by atoms with Gasteiger partial charge in [-0.3, -0.25) is 4.40 Å². The summed E-state index contributed by atoms with van der Waals surface area (Å²) >= 11 is 0. The van der Waals surface area contributed by atoms with Gasteiger partial charge in [0.05, 0.1) is 11.0 Å². The molecule has 0 aliphatic heterocycles. The average molecular weight is 637 g/mol. The Morgan fingerprint density at radius 2 is 0.920 bits per heavy atom. The van der Waals surface area contributed by atoms with Crippen LogP contribution in [0.1, 0.15) is 0 Å². The topological polar surface area (TPSA) is 30.4 Å². The highest BCUT2D eigenvalue weighted by Crippen LogP contribution is 2.46. The van der Waals surface area contributed by atoms with Crippen molar-refractivity contribution in [2.24, 2.45) is 0 Å². The van der Waals surface area contributed by atoms with E-state index in [1.165, 1.54) is 49.4 Å². The van der Waals surface area contributed by atoms with E-state index in [1.54, 1.807) is 0 Å². The molecule has 11 aromatic rings. The summed E-state index contributed by atoms with van der Waals surface area (Å²) in [4.78, 5) is 5.12. The summed E-state index contributed by atoms with van der Waals surface area (Å²) in [7, 11) is 0. The third kappa shape index (κ3) is 3.83. The second-order valence-electron chi connectivity index (χ2n) is 13.1. The van der Waals surface area contributed by atoms with Crippen LogP contribution in [0.4, 0.5) is 0 Å². The van der Waals surface area contributed by atoms with Crippen molar-refractivity contribution >= 4 is 71.1 Å². The van der Waals surface area contributed by atoms with Gasteiger partial charge in [0.2, 0.25) is 0 Å². The van der Waals surface area contributed by atoms with Crippen LogP contribution in [0.25, 0.3) is 104 Å². The molecular weight excluding hydrogens is 609 g/mol. The number of hydrogen-bond donors (Lipinski definition) is 0. The molecule has 0 aliphatic rings. The fourth-order valence-electron chi connectivity index (χ4n) is 8.16. The van der Waals surface area contributed by atoms with E-state index < -0.39 is 0 Å². The predicted molar refractivity (Wildman–Crippen MR) is 209 cm³/mol. The Hall–Kier alpha value is -6.71. The summed E-state index contributed by atoms with van der Waals surface area (Å²) in [5.41, 5.74) is 13.1. The average Bonchev–Trinajstić information content (AvgIpc) is 3.76. The van der Waals surface area contributed by atoms with E-state index in [0.717, 1.165) is 55.1 Å². The van der Waals surface area contributed by atoms with E-state index in [0.29, 0.717) is 0 Å². The molecule has 3 heterocycles. The highest BCUT2D eigenvalue weighted by Gasteiger charge is 2.21. The summed E-state index contributed by atoms with van der Waals surface area (Å²) in [6.45, 7) is 0. The second kappa shape index (κ2) is 10.4. The molecule has 0 saturated carbocycles. The number of para-hydroxylation sites is 2. The van der Waals surface area contributed by atoms with Gasteiger partial charge in [0.15, 0.2) is 5.58 Å². The first-order valence-corrected chi connectivity index (χ1v) is 17.1. The molecule has 0 saturated heterocycles. The fraction of sp³-hybridized carbons (Fsp3) is 0. The van der Waals surface area contributed by atoms with Crippen molar-refractivity contribution < 1.29 is 4.42 Å². The number of rotatable bonds is 3. The molecule has 0 fully saturated rings. The van der Waals surface area contributed by atoms with Gasteiger partial charge in [-0.15, -0.1) is 0 Å². The maximum Gasteiger partial charge on any atom is 0.160 e. The maximum absolute atomic E-state index is 6.73. The zero-order chi connectivity index (χ0) is 32.8. The molecule has 0 spiro atoms. The van der Waals surface area contributed by atoms with Gasteiger partial charge < -0.3 is 4.42 Å². The quantitative estimate of drug-likeness (QED) is 0.181. The predicted octanol–water partition coefficient (Wildman–Crippen LogP) is 12.8. The van der Waals surface area contributed by atoms with E-state index in [-0.39, 0.29) is 0 Å². The van der Waals surface area contributed by atoms with Gasteiger partial charge in [0.1, 0.15) is 16.7 Å². The van der Waals surface area contributed by atoms with Crippen LogP contribution in [0, 0.1) is 0 Å². The molecule has 0 bridgehead atoms. The monoisotopic (exact) mass is 636 g/mol. The first-order chi connectivity index (χ1) is 24.8. The number of nitrogens with zero attached hydrogens (tertiary/aromatic N) is 2. The zero-order valence-electron chi connectivity index (χ0n) is 27.0. The minimum Gasteiger partial charge on any atom is -0.454 e. The minimum absolute atomic E-state index is 0.864. The van der Waals surface area contributed by atoms with Crippen LogP contribution in [0.3, 0.4) is 0 Å². The molecule has 0 aliphatic carbocycles. The third-order valence-electron chi connectivity index (χ3n) is 10.4. The lowest BCUT2D eigenvalue weighted by Crippen LogP contribution is -1.91. The van der Waals surface area contributed by atoms with E-state index >= 15 is 0 Å². The molecule has 0 amide bonds. The van der Waals surface area contributed by atoms with Crippen LogP contribution in [-0.2, 0) is 0 Å². The van der Waals surface area contributed by atoms with Crippen molar-refractivity contribution in [1.82, 2.24) is 9.38 Å². The van der Waals surface area contributed by atoms with Gasteiger partial charge in [-0.1, -0.05) is 146 Å². The van der Waals surface area contributed by atoms with Crippen LogP contribution in [0.5, 0.6) is 0 Å². The van der Waals surface area contributed by atoms with E-state index in [1.807, 2.05) is 0 Å². The largest absolute Gasteiger partial charge is 0.454 e. The third-order valence-corrected chi connectivity index (χ3v) is 10.4. The first kappa shape index (κ1) is 27.3. The minimum atomic E-state index is 0.864. The molecule has 3 heteroatoms. The Kier molecular flexibility index (Phi) is 5.67. The molecule has 8 aromatic carbocycles. The van der Waals surface area contributed by atoms with Crippen molar-refractivity contribution in [3.05, 3.63) is 170 Å².